The van der Waals surface area contributed by atoms with E-state index in [0.29, 0.717) is 16.2 Å². The molecular weight excluding hydrogens is 374 g/mol. The van der Waals surface area contributed by atoms with Gasteiger partial charge in [-0.3, -0.25) is 14.2 Å². The van der Waals surface area contributed by atoms with E-state index >= 15 is 0 Å². The highest BCUT2D eigenvalue weighted by atomic mass is 32.1. The Balaban J connectivity index is 1.65. The highest BCUT2D eigenvalue weighted by molar-refractivity contribution is 7.15. The van der Waals surface area contributed by atoms with E-state index in [2.05, 4.69) is 9.97 Å². The van der Waals surface area contributed by atoms with Gasteiger partial charge in [-0.05, 0) is 25.0 Å². The van der Waals surface area contributed by atoms with Crippen molar-refractivity contribution in [3.05, 3.63) is 74.8 Å². The van der Waals surface area contributed by atoms with Crippen LogP contribution in [0.5, 0.6) is 0 Å². The topological polar surface area (TPSA) is 73.6 Å². The molecule has 4 rings (SSSR count). The smallest absolute Gasteiger partial charge is 0.339 e. The lowest BCUT2D eigenvalue weighted by molar-refractivity contribution is 0.0470. The summed E-state index contributed by atoms with van der Waals surface area (Å²) in [5, 5.41) is 2.62. The van der Waals surface area contributed by atoms with Crippen LogP contribution in [0.4, 0.5) is 0 Å². The van der Waals surface area contributed by atoms with Crippen LogP contribution in [0.25, 0.3) is 15.9 Å². The fourth-order valence-corrected chi connectivity index (χ4v) is 3.94. The maximum atomic E-state index is 12.8. The Kier molecular flexibility index (Phi) is 4.68. The van der Waals surface area contributed by atoms with Crippen LogP contribution in [0.15, 0.2) is 46.6 Å². The number of fused-ring (bicyclic) bond motifs is 2. The predicted octanol–water partition coefficient (Wildman–Crippen LogP) is 4.09. The fraction of sp³-hybridized carbons (Fsp3) is 0.238. The van der Waals surface area contributed by atoms with Gasteiger partial charge >= 0.3 is 5.97 Å². The van der Waals surface area contributed by atoms with Gasteiger partial charge in [0, 0.05) is 28.2 Å². The minimum atomic E-state index is -0.454. The Bertz CT molecular complexity index is 1260. The van der Waals surface area contributed by atoms with E-state index in [1.165, 1.54) is 17.4 Å². The van der Waals surface area contributed by atoms with Crippen molar-refractivity contribution in [2.75, 3.05) is 0 Å². The maximum absolute atomic E-state index is 12.8. The molecule has 4 aromatic rings. The number of ether oxygens (including phenoxy) is 1. The van der Waals surface area contributed by atoms with Crippen molar-refractivity contribution >= 4 is 33.2 Å². The molecule has 0 radical (unpaired) electrons. The number of para-hydroxylation sites is 1. The van der Waals surface area contributed by atoms with Gasteiger partial charge in [0.2, 0.25) is 0 Å². The molecule has 1 aromatic carbocycles. The van der Waals surface area contributed by atoms with Gasteiger partial charge in [0.15, 0.2) is 4.96 Å². The van der Waals surface area contributed by atoms with Crippen molar-refractivity contribution in [1.29, 1.82) is 0 Å². The van der Waals surface area contributed by atoms with E-state index in [0.717, 1.165) is 22.3 Å². The summed E-state index contributed by atoms with van der Waals surface area (Å²) in [5.41, 5.74) is 3.16. The van der Waals surface area contributed by atoms with Crippen LogP contribution in [-0.4, -0.2) is 20.3 Å². The second kappa shape index (κ2) is 7.16. The fourth-order valence-electron chi connectivity index (χ4n) is 3.05. The number of nitrogens with zero attached hydrogens (tertiary/aromatic N) is 3. The average molecular weight is 393 g/mol. The molecule has 0 saturated carbocycles. The minimum Gasteiger partial charge on any atom is -0.456 e. The third-order valence-corrected chi connectivity index (χ3v) is 5.47. The summed E-state index contributed by atoms with van der Waals surface area (Å²) in [7, 11) is 0. The Morgan fingerprint density at radius 1 is 1.21 bits per heavy atom. The molecule has 0 fully saturated rings. The highest BCUT2D eigenvalue weighted by Crippen LogP contribution is 2.23. The number of pyridine rings is 1. The number of benzene rings is 1. The van der Waals surface area contributed by atoms with Crippen LogP contribution >= 0.6 is 11.3 Å². The number of carbonyl (C=O) groups excluding carboxylic acids is 1. The lowest BCUT2D eigenvalue weighted by atomic mass is 10.0. The summed E-state index contributed by atoms with van der Waals surface area (Å²) < 4.78 is 7.04. The van der Waals surface area contributed by atoms with Crippen molar-refractivity contribution in [1.82, 2.24) is 14.4 Å². The molecule has 28 heavy (non-hydrogen) atoms. The molecule has 0 aliphatic heterocycles. The molecule has 3 heterocycles. The number of esters is 1. The summed E-state index contributed by atoms with van der Waals surface area (Å²) in [6, 6.07) is 10.7. The van der Waals surface area contributed by atoms with Gasteiger partial charge in [-0.2, -0.15) is 0 Å². The van der Waals surface area contributed by atoms with Crippen LogP contribution in [0.3, 0.4) is 0 Å². The van der Waals surface area contributed by atoms with Crippen LogP contribution < -0.4 is 5.56 Å². The lowest BCUT2D eigenvalue weighted by Crippen LogP contribution is -2.16. The number of aromatic nitrogens is 3. The third-order valence-electron chi connectivity index (χ3n) is 4.53. The second-order valence-electron chi connectivity index (χ2n) is 6.92. The summed E-state index contributed by atoms with van der Waals surface area (Å²) in [6.07, 6.45) is 0. The number of carbonyl (C=O) groups is 1. The zero-order chi connectivity index (χ0) is 19.8. The minimum absolute atomic E-state index is 0.0603. The maximum Gasteiger partial charge on any atom is 0.339 e. The number of rotatable bonds is 4. The van der Waals surface area contributed by atoms with E-state index in [9.17, 15) is 9.59 Å². The number of hydrogen-bond acceptors (Lipinski definition) is 6. The molecule has 0 amide bonds. The average Bonchev–Trinajstić information content (AvgIpc) is 3.06. The Morgan fingerprint density at radius 2 is 2.00 bits per heavy atom. The summed E-state index contributed by atoms with van der Waals surface area (Å²) >= 11 is 1.38. The molecule has 0 unspecified atom stereocenters. The van der Waals surface area contributed by atoms with E-state index in [-0.39, 0.29) is 18.1 Å². The number of aryl methyl sites for hydroxylation is 1. The molecule has 3 aromatic heterocycles. The SMILES string of the molecule is Cc1csc2nc(COC(=O)c3cc(C(C)C)nc4ccccc34)cc(=O)n12. The second-order valence-corrected chi connectivity index (χ2v) is 7.76. The molecule has 0 atom stereocenters. The van der Waals surface area contributed by atoms with Gasteiger partial charge < -0.3 is 4.74 Å². The van der Waals surface area contributed by atoms with Crippen molar-refractivity contribution in [2.45, 2.75) is 33.3 Å². The van der Waals surface area contributed by atoms with Gasteiger partial charge in [-0.25, -0.2) is 9.78 Å². The molecule has 0 saturated heterocycles. The molecule has 0 N–H and O–H groups in total. The normalized spacial score (nSPS) is 11.4. The Morgan fingerprint density at radius 3 is 2.79 bits per heavy atom. The summed E-state index contributed by atoms with van der Waals surface area (Å²) in [4.78, 5) is 34.7. The first kappa shape index (κ1) is 18.3. The summed E-state index contributed by atoms with van der Waals surface area (Å²) in [6.45, 7) is 5.85. The Hall–Kier alpha value is -3.06. The third kappa shape index (κ3) is 3.29. The van der Waals surface area contributed by atoms with Gasteiger partial charge in [0.25, 0.3) is 5.56 Å². The van der Waals surface area contributed by atoms with Crippen molar-refractivity contribution < 1.29 is 9.53 Å². The number of hydrogen-bond donors (Lipinski definition) is 0. The molecule has 0 aliphatic rings. The molecule has 7 heteroatoms. The molecule has 0 spiro atoms. The molecule has 0 aliphatic carbocycles. The molecule has 0 bridgehead atoms. The monoisotopic (exact) mass is 393 g/mol. The van der Waals surface area contributed by atoms with E-state index in [1.54, 1.807) is 10.5 Å². The van der Waals surface area contributed by atoms with Crippen molar-refractivity contribution in [2.24, 2.45) is 0 Å². The van der Waals surface area contributed by atoms with Crippen LogP contribution in [-0.2, 0) is 11.3 Å². The van der Waals surface area contributed by atoms with E-state index in [1.807, 2.05) is 50.4 Å². The highest BCUT2D eigenvalue weighted by Gasteiger charge is 2.16. The molecule has 6 nitrogen and oxygen atoms in total. The quantitative estimate of drug-likeness (QED) is 0.488. The zero-order valence-corrected chi connectivity index (χ0v) is 16.6. The van der Waals surface area contributed by atoms with Crippen molar-refractivity contribution in [3.63, 3.8) is 0 Å². The lowest BCUT2D eigenvalue weighted by Gasteiger charge is -2.11. The van der Waals surface area contributed by atoms with Gasteiger partial charge in [-0.15, -0.1) is 11.3 Å². The van der Waals surface area contributed by atoms with Gasteiger partial charge in [0.1, 0.15) is 6.61 Å². The number of thiazole rings is 1. The largest absolute Gasteiger partial charge is 0.456 e. The first-order valence-electron chi connectivity index (χ1n) is 8.97. The molecule has 142 valence electrons. The van der Waals surface area contributed by atoms with Crippen LogP contribution in [0.1, 0.15) is 47.2 Å². The first-order chi connectivity index (χ1) is 13.4. The van der Waals surface area contributed by atoms with E-state index in [4.69, 9.17) is 4.74 Å². The summed E-state index contributed by atoms with van der Waals surface area (Å²) in [5.74, 6) is -0.271. The van der Waals surface area contributed by atoms with Crippen LogP contribution in [0.2, 0.25) is 0 Å². The Labute approximate surface area is 165 Å². The first-order valence-corrected chi connectivity index (χ1v) is 9.85. The van der Waals surface area contributed by atoms with Gasteiger partial charge in [0.05, 0.1) is 16.8 Å². The molecular formula is C21H19N3O3S. The van der Waals surface area contributed by atoms with Crippen molar-refractivity contribution in [3.8, 4) is 0 Å². The zero-order valence-electron chi connectivity index (χ0n) is 15.8. The predicted molar refractivity (Wildman–Crippen MR) is 109 cm³/mol. The van der Waals surface area contributed by atoms with Crippen LogP contribution in [0, 0.1) is 6.92 Å². The standard InChI is InChI=1S/C21H19N3O3S/c1-12(2)18-9-16(15-6-4-5-7-17(15)23-18)20(26)27-10-14-8-19(25)24-13(3)11-28-21(24)22-14/h4-9,11-12H,10H2,1-3H3. The van der Waals surface area contributed by atoms with E-state index < -0.39 is 5.97 Å². The van der Waals surface area contributed by atoms with Gasteiger partial charge in [-0.1, -0.05) is 32.0 Å².